The van der Waals surface area contributed by atoms with Gasteiger partial charge in [0.15, 0.2) is 0 Å². The summed E-state index contributed by atoms with van der Waals surface area (Å²) < 4.78 is 2.17. The largest absolute Gasteiger partial charge is 0.371 e. The van der Waals surface area contributed by atoms with Gasteiger partial charge in [-0.15, -0.1) is 11.3 Å². The highest BCUT2D eigenvalue weighted by Gasteiger charge is 2.26. The summed E-state index contributed by atoms with van der Waals surface area (Å²) in [6, 6.07) is 4.52. The summed E-state index contributed by atoms with van der Waals surface area (Å²) in [4.78, 5) is 11.9. The number of piperidine rings is 1. The molecular formula is C17H21N5S. The van der Waals surface area contributed by atoms with E-state index < -0.39 is 0 Å². The highest BCUT2D eigenvalue weighted by molar-refractivity contribution is 7.07. The lowest BCUT2D eigenvalue weighted by atomic mass is 9.99. The molecular weight excluding hydrogens is 306 g/mol. The minimum absolute atomic E-state index is 0.365. The topological polar surface area (TPSA) is 45.5 Å². The Morgan fingerprint density at radius 3 is 3.17 bits per heavy atom. The number of likely N-dealkylation sites (tertiary alicyclic amines) is 1. The van der Waals surface area contributed by atoms with E-state index in [1.54, 1.807) is 11.3 Å². The average Bonchev–Trinajstić information content (AvgIpc) is 3.25. The third-order valence-electron chi connectivity index (χ3n) is 4.57. The Labute approximate surface area is 140 Å². The van der Waals surface area contributed by atoms with E-state index >= 15 is 0 Å². The van der Waals surface area contributed by atoms with Crippen LogP contribution >= 0.6 is 11.3 Å². The first-order valence-electron chi connectivity index (χ1n) is 8.11. The van der Waals surface area contributed by atoms with Gasteiger partial charge in [0.25, 0.3) is 0 Å². The molecule has 23 heavy (non-hydrogen) atoms. The van der Waals surface area contributed by atoms with Crippen LogP contribution in [0.25, 0.3) is 5.52 Å². The predicted molar refractivity (Wildman–Crippen MR) is 93.9 cm³/mol. The zero-order chi connectivity index (χ0) is 15.6. The second kappa shape index (κ2) is 6.29. The van der Waals surface area contributed by atoms with Crippen LogP contribution in [0, 0.1) is 0 Å². The van der Waals surface area contributed by atoms with Gasteiger partial charge in [-0.25, -0.2) is 9.97 Å². The molecule has 1 aliphatic rings. The monoisotopic (exact) mass is 327 g/mol. The lowest BCUT2D eigenvalue weighted by molar-refractivity contribution is 0.135. The Bertz CT molecular complexity index is 779. The van der Waals surface area contributed by atoms with Gasteiger partial charge in [-0.2, -0.15) is 0 Å². The number of anilines is 1. The molecule has 3 aromatic heterocycles. The SMILES string of the molecule is CNc1nc([C@@H]2CCCCN2Cc2cscn2)cn2cccc12. The second-order valence-corrected chi connectivity index (χ2v) is 6.75. The number of fused-ring (bicyclic) bond motifs is 1. The molecule has 1 N–H and O–H groups in total. The highest BCUT2D eigenvalue weighted by Crippen LogP contribution is 2.32. The molecule has 0 spiro atoms. The maximum Gasteiger partial charge on any atom is 0.150 e. The lowest BCUT2D eigenvalue weighted by Gasteiger charge is -2.35. The van der Waals surface area contributed by atoms with Crippen LogP contribution in [0.4, 0.5) is 5.82 Å². The van der Waals surface area contributed by atoms with Crippen molar-refractivity contribution < 1.29 is 0 Å². The Balaban J connectivity index is 1.68. The zero-order valence-corrected chi connectivity index (χ0v) is 14.1. The quantitative estimate of drug-likeness (QED) is 0.796. The van der Waals surface area contributed by atoms with E-state index in [1.807, 2.05) is 12.6 Å². The van der Waals surface area contributed by atoms with E-state index in [9.17, 15) is 0 Å². The number of thiazole rings is 1. The molecule has 0 bridgehead atoms. The fourth-order valence-electron chi connectivity index (χ4n) is 3.45. The summed E-state index contributed by atoms with van der Waals surface area (Å²) >= 11 is 1.67. The van der Waals surface area contributed by atoms with E-state index in [-0.39, 0.29) is 0 Å². The van der Waals surface area contributed by atoms with Crippen LogP contribution in [0.3, 0.4) is 0 Å². The molecule has 5 nitrogen and oxygen atoms in total. The summed E-state index contributed by atoms with van der Waals surface area (Å²) in [6.45, 7) is 2.02. The van der Waals surface area contributed by atoms with Gasteiger partial charge in [0.2, 0.25) is 0 Å². The normalized spacial score (nSPS) is 19.3. The molecule has 3 aromatic rings. The molecule has 0 aromatic carbocycles. The number of nitrogens with zero attached hydrogens (tertiary/aromatic N) is 4. The molecule has 6 heteroatoms. The van der Waals surface area contributed by atoms with E-state index in [1.165, 1.54) is 12.8 Å². The van der Waals surface area contributed by atoms with Gasteiger partial charge in [0.1, 0.15) is 5.82 Å². The van der Waals surface area contributed by atoms with Gasteiger partial charge in [0, 0.05) is 31.4 Å². The summed E-state index contributed by atoms with van der Waals surface area (Å²) in [6.07, 6.45) is 7.95. The minimum atomic E-state index is 0.365. The molecule has 4 heterocycles. The maximum atomic E-state index is 4.90. The Kier molecular flexibility index (Phi) is 4.01. The number of nitrogens with one attached hydrogen (secondary N) is 1. The van der Waals surface area contributed by atoms with Crippen molar-refractivity contribution in [2.24, 2.45) is 0 Å². The lowest BCUT2D eigenvalue weighted by Crippen LogP contribution is -2.33. The van der Waals surface area contributed by atoms with Gasteiger partial charge >= 0.3 is 0 Å². The van der Waals surface area contributed by atoms with Crippen LogP contribution in [0.15, 0.2) is 35.4 Å². The van der Waals surface area contributed by atoms with Crippen LogP contribution in [0.2, 0.25) is 0 Å². The van der Waals surface area contributed by atoms with Crippen LogP contribution in [-0.4, -0.2) is 32.9 Å². The van der Waals surface area contributed by atoms with Crippen molar-refractivity contribution >= 4 is 22.7 Å². The first-order valence-corrected chi connectivity index (χ1v) is 9.06. The molecule has 1 saturated heterocycles. The van der Waals surface area contributed by atoms with Crippen molar-refractivity contribution in [2.45, 2.75) is 31.8 Å². The van der Waals surface area contributed by atoms with Gasteiger partial charge in [-0.05, 0) is 31.5 Å². The van der Waals surface area contributed by atoms with Crippen LogP contribution < -0.4 is 5.32 Å². The third-order valence-corrected chi connectivity index (χ3v) is 5.21. The Morgan fingerprint density at radius 2 is 2.35 bits per heavy atom. The fourth-order valence-corrected chi connectivity index (χ4v) is 4.00. The minimum Gasteiger partial charge on any atom is -0.371 e. The van der Waals surface area contributed by atoms with Gasteiger partial charge < -0.3 is 9.72 Å². The molecule has 0 saturated carbocycles. The van der Waals surface area contributed by atoms with Crippen molar-refractivity contribution in [3.63, 3.8) is 0 Å². The Morgan fingerprint density at radius 1 is 1.39 bits per heavy atom. The number of aromatic nitrogens is 3. The van der Waals surface area contributed by atoms with E-state index in [4.69, 9.17) is 4.98 Å². The molecule has 1 atom stereocenters. The molecule has 0 radical (unpaired) electrons. The summed E-state index contributed by atoms with van der Waals surface area (Å²) in [5, 5.41) is 5.38. The summed E-state index contributed by atoms with van der Waals surface area (Å²) in [5.41, 5.74) is 5.35. The molecule has 0 amide bonds. The summed E-state index contributed by atoms with van der Waals surface area (Å²) in [5.74, 6) is 0.951. The standard InChI is InChI=1S/C17H21N5S/c1-18-17-16-6-4-8-22(16)10-14(20-17)15-5-2-3-7-21(15)9-13-11-23-12-19-13/h4,6,8,10-12,15H,2-3,5,7,9H2,1H3,(H,18,20)/t15-/m0/s1. The van der Waals surface area contributed by atoms with Gasteiger partial charge in [-0.3, -0.25) is 4.90 Å². The van der Waals surface area contributed by atoms with Crippen molar-refractivity contribution in [1.29, 1.82) is 0 Å². The smallest absolute Gasteiger partial charge is 0.150 e. The van der Waals surface area contributed by atoms with Crippen molar-refractivity contribution in [3.8, 4) is 0 Å². The van der Waals surface area contributed by atoms with Crippen molar-refractivity contribution in [1.82, 2.24) is 19.3 Å². The summed E-state index contributed by atoms with van der Waals surface area (Å²) in [7, 11) is 1.94. The number of hydrogen-bond acceptors (Lipinski definition) is 5. The first kappa shape index (κ1) is 14.7. The van der Waals surface area contributed by atoms with Crippen LogP contribution in [0.1, 0.15) is 36.7 Å². The molecule has 1 aliphatic heterocycles. The molecule has 4 rings (SSSR count). The Hall–Kier alpha value is -1.92. The highest BCUT2D eigenvalue weighted by atomic mass is 32.1. The molecule has 120 valence electrons. The molecule has 0 aliphatic carbocycles. The maximum absolute atomic E-state index is 4.90. The van der Waals surface area contributed by atoms with Gasteiger partial charge in [-0.1, -0.05) is 6.42 Å². The number of hydrogen-bond donors (Lipinski definition) is 1. The van der Waals surface area contributed by atoms with E-state index in [2.05, 4.69) is 49.5 Å². The third kappa shape index (κ3) is 2.84. The number of rotatable bonds is 4. The van der Waals surface area contributed by atoms with Crippen LogP contribution in [-0.2, 0) is 6.54 Å². The van der Waals surface area contributed by atoms with E-state index in [0.29, 0.717) is 6.04 Å². The molecule has 1 fully saturated rings. The van der Waals surface area contributed by atoms with Gasteiger partial charge in [0.05, 0.1) is 28.5 Å². The fraction of sp³-hybridized carbons (Fsp3) is 0.412. The molecule has 0 unspecified atom stereocenters. The van der Waals surface area contributed by atoms with Crippen LogP contribution in [0.5, 0.6) is 0 Å². The first-order chi connectivity index (χ1) is 11.3. The second-order valence-electron chi connectivity index (χ2n) is 6.03. The van der Waals surface area contributed by atoms with E-state index in [0.717, 1.165) is 42.2 Å². The van der Waals surface area contributed by atoms with Crippen molar-refractivity contribution in [2.75, 3.05) is 18.9 Å². The zero-order valence-electron chi connectivity index (χ0n) is 13.3. The predicted octanol–water partition coefficient (Wildman–Crippen LogP) is 3.56. The average molecular weight is 327 g/mol. The van der Waals surface area contributed by atoms with Crippen molar-refractivity contribution in [3.05, 3.63) is 46.8 Å².